The van der Waals surface area contributed by atoms with Gasteiger partial charge in [0, 0.05) is 48.8 Å². The van der Waals surface area contributed by atoms with Crippen LogP contribution in [-0.2, 0) is 42.0 Å². The van der Waals surface area contributed by atoms with Crippen LogP contribution in [0.4, 0.5) is 0 Å². The van der Waals surface area contributed by atoms with Crippen LogP contribution in [0.3, 0.4) is 0 Å². The first kappa shape index (κ1) is 13.4. The van der Waals surface area contributed by atoms with Gasteiger partial charge in [-0.25, -0.2) is 0 Å². The molecule has 2 atom stereocenters. The number of carbonyl (C=O) groups is 1. The summed E-state index contributed by atoms with van der Waals surface area (Å²) in [7, 11) is 2.07. The zero-order valence-corrected chi connectivity index (χ0v) is 9.66. The van der Waals surface area contributed by atoms with Crippen LogP contribution in [0.15, 0.2) is 0 Å². The molecule has 0 spiro atoms. The number of hydrogen-bond donors (Lipinski definition) is 1. The summed E-state index contributed by atoms with van der Waals surface area (Å²) >= 11 is 0. The molecule has 0 rings (SSSR count). The minimum atomic E-state index is -0.336. The van der Waals surface area contributed by atoms with Crippen LogP contribution in [0.1, 0.15) is 0 Å². The molecule has 3 nitrogen and oxygen atoms in total. The van der Waals surface area contributed by atoms with Gasteiger partial charge < -0.3 is 28.5 Å². The molecule has 1 unspecified atom stereocenters. The summed E-state index contributed by atoms with van der Waals surface area (Å²) in [5.41, 5.74) is 0. The molecule has 0 aliphatic heterocycles. The molecule has 1 amide bonds. The molecule has 0 aromatic carbocycles. The van der Waals surface area contributed by atoms with Crippen molar-refractivity contribution >= 4 is 15.4 Å². The molecule has 1 N–H and O–H groups in total. The van der Waals surface area contributed by atoms with E-state index in [0.717, 1.165) is 0 Å². The van der Waals surface area contributed by atoms with E-state index in [1.54, 1.807) is 0 Å². The van der Waals surface area contributed by atoms with Gasteiger partial charge in [-0.2, -0.15) is 0 Å². The van der Waals surface area contributed by atoms with E-state index in [1.165, 1.54) is 0 Å². The van der Waals surface area contributed by atoms with Gasteiger partial charge in [0.2, 0.25) is 0 Å². The maximum absolute atomic E-state index is 10.2. The third-order valence-electron chi connectivity index (χ3n) is 0.663. The van der Waals surface area contributed by atoms with Gasteiger partial charge in [-0.3, -0.25) is 0 Å². The van der Waals surface area contributed by atoms with Gasteiger partial charge in [-0.15, -0.1) is 0 Å². The van der Waals surface area contributed by atoms with E-state index in [1.807, 2.05) is 0 Å². The van der Waals surface area contributed by atoms with Crippen LogP contribution in [0, 0.1) is 13.8 Å². The Hall–Kier alpha value is 0.834. The van der Waals surface area contributed by atoms with Crippen molar-refractivity contribution in [3.05, 3.63) is 13.8 Å². The minimum Gasteiger partial charge on any atom is -0.406 e. The van der Waals surface area contributed by atoms with Crippen molar-refractivity contribution in [1.29, 1.82) is 0 Å². The molecule has 0 heterocycles. The number of hydrogen-bond acceptors (Lipinski definition) is 2. The third kappa shape index (κ3) is 8.83. The van der Waals surface area contributed by atoms with Gasteiger partial charge >= 0.3 is 0 Å². The van der Waals surface area contributed by atoms with Crippen molar-refractivity contribution in [2.24, 2.45) is 0 Å². The summed E-state index contributed by atoms with van der Waals surface area (Å²) < 4.78 is 4.62. The van der Waals surface area contributed by atoms with Crippen LogP contribution in [0.2, 0.25) is 0 Å². The molecular weight excluding hydrogens is 226 g/mol. The molecule has 0 saturated carbocycles. The van der Waals surface area contributed by atoms with Crippen LogP contribution >= 0.6 is 9.47 Å². The first-order valence-electron chi connectivity index (χ1n) is 2.44. The van der Waals surface area contributed by atoms with Gasteiger partial charge in [0.1, 0.15) is 0 Å². The largest absolute Gasteiger partial charge is 0.406 e. The summed E-state index contributed by atoms with van der Waals surface area (Å²) in [5, 5.41) is 2.44. The Morgan fingerprint density at radius 1 is 1.80 bits per heavy atom. The van der Waals surface area contributed by atoms with E-state index >= 15 is 0 Å². The van der Waals surface area contributed by atoms with Crippen LogP contribution in [0.25, 0.3) is 0 Å². The summed E-state index contributed by atoms with van der Waals surface area (Å²) in [6, 6.07) is -0.215. The Morgan fingerprint density at radius 2 is 2.30 bits per heavy atom. The van der Waals surface area contributed by atoms with Crippen LogP contribution in [0.5, 0.6) is 0 Å². The first-order valence-corrected chi connectivity index (χ1v) is 2.91. The van der Waals surface area contributed by atoms with E-state index < -0.39 is 0 Å². The Balaban J connectivity index is 0. The van der Waals surface area contributed by atoms with Gasteiger partial charge in [0.05, 0.1) is 5.91 Å². The second-order valence-corrected chi connectivity index (χ2v) is 1.93. The van der Waals surface area contributed by atoms with Crippen molar-refractivity contribution in [2.75, 3.05) is 6.61 Å². The molecule has 0 fully saturated rings. The van der Waals surface area contributed by atoms with E-state index in [2.05, 4.69) is 33.2 Å². The summed E-state index contributed by atoms with van der Waals surface area (Å²) in [4.78, 5) is 10.2. The molecular formula is C5H10NO2PY-2. The van der Waals surface area contributed by atoms with Gasteiger partial charge in [-0.1, -0.05) is 6.04 Å². The van der Waals surface area contributed by atoms with E-state index in [9.17, 15) is 4.79 Å². The average molecular weight is 236 g/mol. The molecule has 0 aromatic rings. The topological polar surface area (TPSA) is 38.3 Å². The van der Waals surface area contributed by atoms with Crippen LogP contribution < -0.4 is 5.32 Å². The fourth-order valence-electron chi connectivity index (χ4n) is 0.385. The van der Waals surface area contributed by atoms with Crippen molar-refractivity contribution in [3.63, 3.8) is 0 Å². The van der Waals surface area contributed by atoms with Crippen molar-refractivity contribution < 1.29 is 42.0 Å². The van der Waals surface area contributed by atoms with Gasteiger partial charge in [0.25, 0.3) is 0 Å². The maximum Gasteiger partial charge on any atom is 0.0775 e. The number of nitrogens with one attached hydrogen (secondary N) is 1. The fraction of sp³-hybridized carbons (Fsp3) is 0.400. The molecule has 0 aromatic heterocycles. The smallest absolute Gasteiger partial charge is 0.0775 e. The molecule has 10 heavy (non-hydrogen) atoms. The van der Waals surface area contributed by atoms with Crippen molar-refractivity contribution in [3.8, 4) is 0 Å². The zero-order chi connectivity index (χ0) is 7.28. The normalized spacial score (nSPS) is 11.4. The molecule has 5 heteroatoms. The fourth-order valence-corrected chi connectivity index (χ4v) is 0.618. The molecule has 0 bridgehead atoms. The standard InChI is InChI=1S/C5H10NO2P.Y/c1-4(3-8-9)6-5(2)7;/h4H,1-3,9H2,(H,6,7);/q-2;/t4-;/m1./s1. The summed E-state index contributed by atoms with van der Waals surface area (Å²) in [6.45, 7) is 7.05. The average Bonchev–Trinajstić information content (AvgIpc) is 1.63. The molecule has 0 aliphatic rings. The first-order chi connectivity index (χ1) is 4.16. The maximum atomic E-state index is 10.2. The second kappa shape index (κ2) is 7.94. The monoisotopic (exact) mass is 236 g/mol. The predicted octanol–water partition coefficient (Wildman–Crippen LogP) is -0.0564. The zero-order valence-electron chi connectivity index (χ0n) is 5.67. The Kier molecular flexibility index (Phi) is 10.7. The molecule has 57 valence electrons. The quantitative estimate of drug-likeness (QED) is 0.550. The number of amides is 1. The third-order valence-corrected chi connectivity index (χ3v) is 0.855. The summed E-state index contributed by atoms with van der Waals surface area (Å²) in [5.74, 6) is -0.336. The Bertz CT molecular complexity index is 102. The van der Waals surface area contributed by atoms with Crippen LogP contribution in [-0.4, -0.2) is 18.6 Å². The number of rotatable bonds is 3. The molecule has 0 saturated heterocycles. The van der Waals surface area contributed by atoms with E-state index in [-0.39, 0.29) is 44.7 Å². The molecule has 0 aliphatic carbocycles. The molecule has 1 radical (unpaired) electrons. The number of carbonyl (C=O) groups excluding carboxylic acids is 1. The second-order valence-electron chi connectivity index (χ2n) is 1.60. The van der Waals surface area contributed by atoms with Gasteiger partial charge in [0.15, 0.2) is 0 Å². The SMILES string of the molecule is [CH2-]C(=O)N[C@H]([CH2-])COP.[Y]. The van der Waals surface area contributed by atoms with E-state index in [4.69, 9.17) is 0 Å². The predicted molar refractivity (Wildman–Crippen MR) is 38.3 cm³/mol. The Labute approximate surface area is 88.8 Å². The van der Waals surface area contributed by atoms with Crippen molar-refractivity contribution in [2.45, 2.75) is 6.04 Å². The van der Waals surface area contributed by atoms with Gasteiger partial charge in [-0.05, 0) is 0 Å². The minimum absolute atomic E-state index is 0. The summed E-state index contributed by atoms with van der Waals surface area (Å²) in [6.07, 6.45) is 0. The Morgan fingerprint density at radius 3 is 2.60 bits per heavy atom. The van der Waals surface area contributed by atoms with Crippen molar-refractivity contribution in [1.82, 2.24) is 5.32 Å². The van der Waals surface area contributed by atoms with E-state index in [0.29, 0.717) is 6.61 Å².